The summed E-state index contributed by atoms with van der Waals surface area (Å²) >= 11 is 0. The molecule has 3 rings (SSSR count). The SMILES string of the molecule is CC[C@@H](C)c1ccccc1N1C[C@H](C(=O)Nc2cc(C)cc(C)c2)CC1=O. The molecule has 27 heavy (non-hydrogen) atoms. The lowest BCUT2D eigenvalue weighted by atomic mass is 9.96. The smallest absolute Gasteiger partial charge is 0.229 e. The zero-order valence-electron chi connectivity index (χ0n) is 16.6. The first kappa shape index (κ1) is 19.2. The molecule has 0 spiro atoms. The number of hydrogen-bond acceptors (Lipinski definition) is 2. The van der Waals surface area contributed by atoms with Crippen LogP contribution >= 0.6 is 0 Å². The van der Waals surface area contributed by atoms with E-state index in [2.05, 4.69) is 31.3 Å². The van der Waals surface area contributed by atoms with Gasteiger partial charge in [0.05, 0.1) is 5.92 Å². The predicted molar refractivity (Wildman–Crippen MR) is 110 cm³/mol. The topological polar surface area (TPSA) is 49.4 Å². The molecule has 4 heteroatoms. The van der Waals surface area contributed by atoms with Gasteiger partial charge in [0, 0.05) is 24.3 Å². The highest BCUT2D eigenvalue weighted by atomic mass is 16.2. The standard InChI is InChI=1S/C23H28N2O2/c1-5-17(4)20-8-6-7-9-21(20)25-14-18(13-22(25)26)23(27)24-19-11-15(2)10-16(3)12-19/h6-12,17-18H,5,13-14H2,1-4H3,(H,24,27)/t17-,18-/m1/s1. The van der Waals surface area contributed by atoms with E-state index in [0.29, 0.717) is 12.5 Å². The van der Waals surface area contributed by atoms with Crippen molar-refractivity contribution in [2.45, 2.75) is 46.5 Å². The Kier molecular flexibility index (Phi) is 5.64. The summed E-state index contributed by atoms with van der Waals surface area (Å²) in [5.74, 6) is -0.0244. The molecule has 1 N–H and O–H groups in total. The molecule has 0 radical (unpaired) electrons. The Hall–Kier alpha value is -2.62. The van der Waals surface area contributed by atoms with Crippen LogP contribution in [0.1, 0.15) is 49.3 Å². The van der Waals surface area contributed by atoms with E-state index < -0.39 is 0 Å². The lowest BCUT2D eigenvalue weighted by Gasteiger charge is -2.23. The third-order valence-electron chi connectivity index (χ3n) is 5.36. The molecule has 2 amide bonds. The van der Waals surface area contributed by atoms with Crippen molar-refractivity contribution in [1.29, 1.82) is 0 Å². The van der Waals surface area contributed by atoms with Gasteiger partial charge in [0.2, 0.25) is 11.8 Å². The van der Waals surface area contributed by atoms with Crippen molar-refractivity contribution in [3.63, 3.8) is 0 Å². The second kappa shape index (κ2) is 7.95. The molecule has 0 unspecified atom stereocenters. The summed E-state index contributed by atoms with van der Waals surface area (Å²) in [4.78, 5) is 27.2. The molecule has 2 aromatic carbocycles. The van der Waals surface area contributed by atoms with Crippen LogP contribution in [0.15, 0.2) is 42.5 Å². The van der Waals surface area contributed by atoms with Crippen LogP contribution in [-0.4, -0.2) is 18.4 Å². The Morgan fingerprint density at radius 2 is 1.85 bits per heavy atom. The van der Waals surface area contributed by atoms with Crippen LogP contribution in [0.3, 0.4) is 0 Å². The van der Waals surface area contributed by atoms with Crippen LogP contribution in [-0.2, 0) is 9.59 Å². The quantitative estimate of drug-likeness (QED) is 0.828. The summed E-state index contributed by atoms with van der Waals surface area (Å²) in [5.41, 5.74) is 5.12. The number of benzene rings is 2. The number of carbonyl (C=O) groups is 2. The Morgan fingerprint density at radius 3 is 2.52 bits per heavy atom. The first-order chi connectivity index (χ1) is 12.9. The highest BCUT2D eigenvalue weighted by molar-refractivity contribution is 6.04. The van der Waals surface area contributed by atoms with Crippen molar-refractivity contribution in [2.24, 2.45) is 5.92 Å². The van der Waals surface area contributed by atoms with Gasteiger partial charge in [0.15, 0.2) is 0 Å². The average molecular weight is 364 g/mol. The molecule has 142 valence electrons. The van der Waals surface area contributed by atoms with Gasteiger partial charge in [-0.15, -0.1) is 0 Å². The van der Waals surface area contributed by atoms with Gasteiger partial charge in [-0.3, -0.25) is 9.59 Å². The first-order valence-electron chi connectivity index (χ1n) is 9.67. The number of aryl methyl sites for hydroxylation is 2. The minimum atomic E-state index is -0.330. The van der Waals surface area contributed by atoms with Crippen molar-refractivity contribution in [3.8, 4) is 0 Å². The molecule has 0 saturated carbocycles. The number of rotatable bonds is 5. The van der Waals surface area contributed by atoms with Gasteiger partial charge in [0.25, 0.3) is 0 Å². The molecule has 1 saturated heterocycles. The third-order valence-corrected chi connectivity index (χ3v) is 5.36. The van der Waals surface area contributed by atoms with Gasteiger partial charge < -0.3 is 10.2 Å². The molecule has 2 aromatic rings. The number of anilines is 2. The van der Waals surface area contributed by atoms with E-state index in [9.17, 15) is 9.59 Å². The summed E-state index contributed by atoms with van der Waals surface area (Å²) in [6.45, 7) is 8.77. The van der Waals surface area contributed by atoms with Gasteiger partial charge >= 0.3 is 0 Å². The molecular formula is C23H28N2O2. The van der Waals surface area contributed by atoms with Crippen molar-refractivity contribution in [2.75, 3.05) is 16.8 Å². The summed E-state index contributed by atoms with van der Waals surface area (Å²) in [7, 11) is 0. The number of carbonyl (C=O) groups excluding carboxylic acids is 2. The summed E-state index contributed by atoms with van der Waals surface area (Å²) in [5, 5.41) is 2.99. The normalized spacial score (nSPS) is 17.9. The molecule has 1 heterocycles. The van der Waals surface area contributed by atoms with E-state index >= 15 is 0 Å². The van der Waals surface area contributed by atoms with Crippen molar-refractivity contribution in [3.05, 3.63) is 59.2 Å². The van der Waals surface area contributed by atoms with Crippen LogP contribution in [0.25, 0.3) is 0 Å². The lowest BCUT2D eigenvalue weighted by Crippen LogP contribution is -2.29. The van der Waals surface area contributed by atoms with E-state index in [-0.39, 0.29) is 24.2 Å². The summed E-state index contributed by atoms with van der Waals surface area (Å²) < 4.78 is 0. The zero-order valence-corrected chi connectivity index (χ0v) is 16.6. The van der Waals surface area contributed by atoms with Crippen LogP contribution in [0.4, 0.5) is 11.4 Å². The molecule has 1 aliphatic rings. The Morgan fingerprint density at radius 1 is 1.19 bits per heavy atom. The minimum Gasteiger partial charge on any atom is -0.326 e. The minimum absolute atomic E-state index is 0.0197. The van der Waals surface area contributed by atoms with Crippen LogP contribution in [0, 0.1) is 19.8 Å². The van der Waals surface area contributed by atoms with E-state index in [0.717, 1.165) is 28.9 Å². The van der Waals surface area contributed by atoms with Crippen LogP contribution in [0.2, 0.25) is 0 Å². The summed E-state index contributed by atoms with van der Waals surface area (Å²) in [6.07, 6.45) is 1.27. The maximum absolute atomic E-state index is 12.7. The monoisotopic (exact) mass is 364 g/mol. The molecule has 0 aliphatic carbocycles. The van der Waals surface area contributed by atoms with Crippen LogP contribution < -0.4 is 10.2 Å². The highest BCUT2D eigenvalue weighted by Crippen LogP contribution is 2.33. The zero-order chi connectivity index (χ0) is 19.6. The maximum Gasteiger partial charge on any atom is 0.229 e. The number of amides is 2. The highest BCUT2D eigenvalue weighted by Gasteiger charge is 2.36. The lowest BCUT2D eigenvalue weighted by molar-refractivity contribution is -0.122. The van der Waals surface area contributed by atoms with E-state index in [1.807, 2.05) is 44.2 Å². The summed E-state index contributed by atoms with van der Waals surface area (Å²) in [6, 6.07) is 14.0. The van der Waals surface area contributed by atoms with Gasteiger partial charge in [0.1, 0.15) is 0 Å². The second-order valence-electron chi connectivity index (χ2n) is 7.64. The second-order valence-corrected chi connectivity index (χ2v) is 7.64. The molecular weight excluding hydrogens is 336 g/mol. The fourth-order valence-corrected chi connectivity index (χ4v) is 3.78. The van der Waals surface area contributed by atoms with E-state index in [1.165, 1.54) is 5.56 Å². The van der Waals surface area contributed by atoms with Gasteiger partial charge in [-0.2, -0.15) is 0 Å². The van der Waals surface area contributed by atoms with Gasteiger partial charge in [-0.25, -0.2) is 0 Å². The van der Waals surface area contributed by atoms with E-state index in [1.54, 1.807) is 4.90 Å². The van der Waals surface area contributed by atoms with Gasteiger partial charge in [-0.1, -0.05) is 38.1 Å². The van der Waals surface area contributed by atoms with Crippen molar-refractivity contribution < 1.29 is 9.59 Å². The van der Waals surface area contributed by atoms with Crippen molar-refractivity contribution >= 4 is 23.2 Å². The number of para-hydroxylation sites is 1. The van der Waals surface area contributed by atoms with Crippen LogP contribution in [0.5, 0.6) is 0 Å². The Bertz CT molecular complexity index is 839. The fourth-order valence-electron chi connectivity index (χ4n) is 3.78. The molecule has 4 nitrogen and oxygen atoms in total. The third kappa shape index (κ3) is 4.21. The fraction of sp³-hybridized carbons (Fsp3) is 0.391. The van der Waals surface area contributed by atoms with Crippen molar-refractivity contribution in [1.82, 2.24) is 0 Å². The average Bonchev–Trinajstić information content (AvgIpc) is 3.02. The van der Waals surface area contributed by atoms with Gasteiger partial charge in [-0.05, 0) is 61.1 Å². The first-order valence-corrected chi connectivity index (χ1v) is 9.67. The van der Waals surface area contributed by atoms with E-state index in [4.69, 9.17) is 0 Å². The Balaban J connectivity index is 1.77. The Labute approximate surface area is 161 Å². The molecule has 1 fully saturated rings. The molecule has 0 aromatic heterocycles. The predicted octanol–water partition coefficient (Wildman–Crippen LogP) is 4.81. The number of nitrogens with one attached hydrogen (secondary N) is 1. The molecule has 2 atom stereocenters. The largest absolute Gasteiger partial charge is 0.326 e. The molecule has 0 bridgehead atoms. The number of hydrogen-bond donors (Lipinski definition) is 1. The maximum atomic E-state index is 12.7. The number of nitrogens with zero attached hydrogens (tertiary/aromatic N) is 1. The molecule has 1 aliphatic heterocycles.